The molecule has 11 heteroatoms. The number of rotatable bonds is 8. The van der Waals surface area contributed by atoms with Crippen LogP contribution < -0.4 is 10.5 Å². The van der Waals surface area contributed by atoms with Crippen molar-refractivity contribution in [2.75, 3.05) is 46.5 Å². The molecule has 3 aromatic rings. The van der Waals surface area contributed by atoms with Gasteiger partial charge in [-0.2, -0.15) is 4.31 Å². The van der Waals surface area contributed by atoms with Crippen LogP contribution in [0.2, 0.25) is 0 Å². The lowest BCUT2D eigenvalue weighted by Gasteiger charge is -2.35. The second-order valence-corrected chi connectivity index (χ2v) is 13.0. The molecule has 6 rings (SSSR count). The van der Waals surface area contributed by atoms with Crippen LogP contribution in [0, 0.1) is 5.92 Å². The van der Waals surface area contributed by atoms with Gasteiger partial charge in [0.25, 0.3) is 0 Å². The number of amides is 1. The number of nitrogens with two attached hydrogens (primary N) is 1. The average molecular weight is 568 g/mol. The molecule has 40 heavy (non-hydrogen) atoms. The van der Waals surface area contributed by atoms with Gasteiger partial charge in [-0.15, -0.1) is 0 Å². The highest BCUT2D eigenvalue weighted by Crippen LogP contribution is 2.33. The molecule has 3 aliphatic heterocycles. The molecule has 4 heterocycles. The van der Waals surface area contributed by atoms with E-state index < -0.39 is 22.0 Å². The van der Waals surface area contributed by atoms with Gasteiger partial charge in [0.1, 0.15) is 11.6 Å². The molecule has 0 spiro atoms. The number of hydrogen-bond donors (Lipinski definition) is 1. The Kier molecular flexibility index (Phi) is 7.56. The SMILES string of the molecule is COCCCn1c([C@@H]2CCCN(C(=O)[C@@H]3CN(S(=O)(=O)c4ccc5c(c4)CCO5)C[C@H]3N)C2)nc2ccccc21. The molecule has 2 saturated heterocycles. The maximum atomic E-state index is 13.8. The Labute approximate surface area is 235 Å². The van der Waals surface area contributed by atoms with Crippen LogP contribution in [0.15, 0.2) is 47.4 Å². The normalized spacial score (nSPS) is 23.4. The molecule has 0 bridgehead atoms. The molecule has 0 unspecified atom stereocenters. The van der Waals surface area contributed by atoms with Crippen LogP contribution in [0.1, 0.15) is 36.6 Å². The van der Waals surface area contributed by atoms with Crippen LogP contribution in [0.5, 0.6) is 5.75 Å². The summed E-state index contributed by atoms with van der Waals surface area (Å²) in [6.07, 6.45) is 3.36. The van der Waals surface area contributed by atoms with Crippen LogP contribution in [-0.4, -0.2) is 85.6 Å². The lowest BCUT2D eigenvalue weighted by atomic mass is 9.94. The van der Waals surface area contributed by atoms with Crippen LogP contribution in [-0.2, 0) is 32.5 Å². The van der Waals surface area contributed by atoms with Gasteiger partial charge in [-0.1, -0.05) is 12.1 Å². The number of nitrogens with zero attached hydrogens (tertiary/aromatic N) is 4. The number of sulfonamides is 1. The predicted molar refractivity (Wildman–Crippen MR) is 151 cm³/mol. The van der Waals surface area contributed by atoms with Crippen molar-refractivity contribution >= 4 is 27.0 Å². The van der Waals surface area contributed by atoms with Crippen molar-refractivity contribution in [3.05, 3.63) is 53.9 Å². The Morgan fingerprint density at radius 3 is 2.88 bits per heavy atom. The Hall–Kier alpha value is -2.99. The number of carbonyl (C=O) groups excluding carboxylic acids is 1. The lowest BCUT2D eigenvalue weighted by Crippen LogP contribution is -2.47. The summed E-state index contributed by atoms with van der Waals surface area (Å²) in [4.78, 5) is 20.9. The second kappa shape index (κ2) is 11.1. The summed E-state index contributed by atoms with van der Waals surface area (Å²) in [5, 5.41) is 0. The van der Waals surface area contributed by atoms with Crippen LogP contribution in [0.4, 0.5) is 0 Å². The fraction of sp³-hybridized carbons (Fsp3) is 0.517. The van der Waals surface area contributed by atoms with Crippen molar-refractivity contribution in [2.45, 2.75) is 49.1 Å². The Morgan fingerprint density at radius 2 is 2.02 bits per heavy atom. The van der Waals surface area contributed by atoms with Gasteiger partial charge in [0.15, 0.2) is 0 Å². The topological polar surface area (TPSA) is 120 Å². The third-order valence-electron chi connectivity index (χ3n) is 8.46. The van der Waals surface area contributed by atoms with Gasteiger partial charge in [-0.05, 0) is 55.2 Å². The lowest BCUT2D eigenvalue weighted by molar-refractivity contribution is -0.136. The first-order chi connectivity index (χ1) is 19.4. The van der Waals surface area contributed by atoms with Gasteiger partial charge >= 0.3 is 0 Å². The fourth-order valence-electron chi connectivity index (χ4n) is 6.35. The molecule has 2 aromatic carbocycles. The minimum Gasteiger partial charge on any atom is -0.493 e. The summed E-state index contributed by atoms with van der Waals surface area (Å²) in [6, 6.07) is 12.6. The highest BCUT2D eigenvalue weighted by atomic mass is 32.2. The standard InChI is InChI=1S/C29H37N5O5S/c1-38-14-5-13-34-26-8-3-2-7-25(26)31-28(34)21-6-4-12-32(17-21)29(35)23-18-33(19-24(23)30)40(36,37)22-9-10-27-20(16-22)11-15-39-27/h2-3,7-10,16,21,23-24H,4-6,11-15,17-19,30H2,1H3/t21-,23-,24-/m1/s1. The third-order valence-corrected chi connectivity index (χ3v) is 10.3. The molecule has 0 saturated carbocycles. The molecule has 214 valence electrons. The monoisotopic (exact) mass is 567 g/mol. The number of ether oxygens (including phenoxy) is 2. The number of aryl methyl sites for hydroxylation is 1. The van der Waals surface area contributed by atoms with Gasteiger partial charge in [0, 0.05) is 64.8 Å². The first kappa shape index (κ1) is 27.2. The molecule has 3 atom stereocenters. The predicted octanol–water partition coefficient (Wildman–Crippen LogP) is 2.36. The van der Waals surface area contributed by atoms with Gasteiger partial charge < -0.3 is 24.7 Å². The Balaban J connectivity index is 1.18. The van der Waals surface area contributed by atoms with E-state index >= 15 is 0 Å². The molecule has 2 N–H and O–H groups in total. The summed E-state index contributed by atoms with van der Waals surface area (Å²) in [5.74, 6) is 1.18. The number of piperidine rings is 1. The number of fused-ring (bicyclic) bond motifs is 2. The maximum absolute atomic E-state index is 13.8. The van der Waals surface area contributed by atoms with Crippen LogP contribution in [0.3, 0.4) is 0 Å². The van der Waals surface area contributed by atoms with Crippen molar-refractivity contribution in [1.29, 1.82) is 0 Å². The first-order valence-corrected chi connectivity index (χ1v) is 15.5. The zero-order valence-corrected chi connectivity index (χ0v) is 23.7. The summed E-state index contributed by atoms with van der Waals surface area (Å²) in [6.45, 7) is 3.42. The Morgan fingerprint density at radius 1 is 1.18 bits per heavy atom. The molecular formula is C29H37N5O5S. The number of aromatic nitrogens is 2. The van der Waals surface area contributed by atoms with E-state index in [0.717, 1.165) is 54.0 Å². The summed E-state index contributed by atoms with van der Waals surface area (Å²) in [7, 11) is -2.07. The zero-order valence-electron chi connectivity index (χ0n) is 22.9. The third kappa shape index (κ3) is 5.00. The number of imidazole rings is 1. The molecule has 0 radical (unpaired) electrons. The molecule has 2 fully saturated rings. The van der Waals surface area contributed by atoms with Crippen molar-refractivity contribution in [1.82, 2.24) is 18.8 Å². The van der Waals surface area contributed by atoms with Crippen molar-refractivity contribution < 1.29 is 22.7 Å². The van der Waals surface area contributed by atoms with E-state index in [9.17, 15) is 13.2 Å². The second-order valence-electron chi connectivity index (χ2n) is 11.0. The van der Waals surface area contributed by atoms with Gasteiger partial charge in [0.05, 0.1) is 28.5 Å². The minimum absolute atomic E-state index is 0.0701. The molecule has 1 aromatic heterocycles. The van der Waals surface area contributed by atoms with Crippen LogP contribution >= 0.6 is 0 Å². The summed E-state index contributed by atoms with van der Waals surface area (Å²) in [5.41, 5.74) is 9.37. The highest BCUT2D eigenvalue weighted by molar-refractivity contribution is 7.89. The van der Waals surface area contributed by atoms with Crippen molar-refractivity contribution in [2.24, 2.45) is 11.7 Å². The van der Waals surface area contributed by atoms with E-state index in [1.54, 1.807) is 25.3 Å². The first-order valence-electron chi connectivity index (χ1n) is 14.1. The summed E-state index contributed by atoms with van der Waals surface area (Å²) >= 11 is 0. The van der Waals surface area contributed by atoms with Crippen LogP contribution in [0.25, 0.3) is 11.0 Å². The molecule has 10 nitrogen and oxygen atoms in total. The molecule has 3 aliphatic rings. The molecular weight excluding hydrogens is 530 g/mol. The van der Waals surface area contributed by atoms with E-state index in [-0.39, 0.29) is 29.8 Å². The minimum atomic E-state index is -3.77. The molecule has 0 aliphatic carbocycles. The number of benzene rings is 2. The molecule has 1 amide bonds. The average Bonchev–Trinajstić information content (AvgIpc) is 3.69. The van der Waals surface area contributed by atoms with E-state index in [4.69, 9.17) is 20.2 Å². The van der Waals surface area contributed by atoms with Gasteiger partial charge in [0.2, 0.25) is 15.9 Å². The fourth-order valence-corrected chi connectivity index (χ4v) is 7.91. The largest absolute Gasteiger partial charge is 0.493 e. The van der Waals surface area contributed by atoms with Crippen molar-refractivity contribution in [3.63, 3.8) is 0 Å². The van der Waals surface area contributed by atoms with E-state index in [1.165, 1.54) is 4.31 Å². The van der Waals surface area contributed by atoms with Gasteiger partial charge in [-0.3, -0.25) is 4.79 Å². The number of para-hydroxylation sites is 2. The summed E-state index contributed by atoms with van der Waals surface area (Å²) < 4.78 is 41.4. The number of likely N-dealkylation sites (tertiary alicyclic amines) is 1. The smallest absolute Gasteiger partial charge is 0.243 e. The maximum Gasteiger partial charge on any atom is 0.243 e. The van der Waals surface area contributed by atoms with Gasteiger partial charge in [-0.25, -0.2) is 13.4 Å². The highest BCUT2D eigenvalue weighted by Gasteiger charge is 2.43. The van der Waals surface area contributed by atoms with E-state index in [1.807, 2.05) is 23.1 Å². The number of carbonyl (C=O) groups is 1. The zero-order chi connectivity index (χ0) is 27.9. The van der Waals surface area contributed by atoms with E-state index in [2.05, 4.69) is 10.6 Å². The number of methoxy groups -OCH3 is 1. The van der Waals surface area contributed by atoms with E-state index in [0.29, 0.717) is 32.7 Å². The quantitative estimate of drug-likeness (QED) is 0.415. The van der Waals surface area contributed by atoms with Crippen molar-refractivity contribution in [3.8, 4) is 5.75 Å². The number of hydrogen-bond acceptors (Lipinski definition) is 7. The Bertz CT molecular complexity index is 1510.